The Morgan fingerprint density at radius 2 is 2.05 bits per heavy atom. The highest BCUT2D eigenvalue weighted by atomic mass is 35.5. The number of anilines is 2. The quantitative estimate of drug-likeness (QED) is 0.906. The average Bonchev–Trinajstić information content (AvgIpc) is 2.49. The van der Waals surface area contributed by atoms with Crippen molar-refractivity contribution in [1.29, 1.82) is 5.26 Å². The topological polar surface area (TPSA) is 77.8 Å². The summed E-state index contributed by atoms with van der Waals surface area (Å²) in [6, 6.07) is 8.11. The Kier molecular flexibility index (Phi) is 4.63. The van der Waals surface area contributed by atoms with Crippen molar-refractivity contribution < 1.29 is 4.79 Å². The summed E-state index contributed by atoms with van der Waals surface area (Å²) in [6.07, 6.45) is 1.38. The van der Waals surface area contributed by atoms with Crippen molar-refractivity contribution in [3.05, 3.63) is 51.6 Å². The monoisotopic (exact) mass is 320 g/mol. The third-order valence-electron chi connectivity index (χ3n) is 2.70. The second-order valence-electron chi connectivity index (χ2n) is 4.06. The van der Waals surface area contributed by atoms with Gasteiger partial charge >= 0.3 is 0 Å². The minimum atomic E-state index is -0.434. The number of nitriles is 1. The first kappa shape index (κ1) is 15.1. The van der Waals surface area contributed by atoms with Gasteiger partial charge in [0.25, 0.3) is 5.91 Å². The lowest BCUT2D eigenvalue weighted by Gasteiger charge is -2.09. The van der Waals surface area contributed by atoms with Gasteiger partial charge < -0.3 is 10.6 Å². The molecule has 1 amide bonds. The fraction of sp³-hybridized carbons (Fsp3) is 0.0714. The number of rotatable bonds is 3. The fourth-order valence-electron chi connectivity index (χ4n) is 1.63. The first-order chi connectivity index (χ1) is 10.0. The normalized spacial score (nSPS) is 9.81. The van der Waals surface area contributed by atoms with Crippen LogP contribution in [-0.4, -0.2) is 17.9 Å². The van der Waals surface area contributed by atoms with Gasteiger partial charge in [-0.1, -0.05) is 23.2 Å². The number of carbonyl (C=O) groups excluding carboxylic acids is 1. The maximum absolute atomic E-state index is 12.3. The Morgan fingerprint density at radius 3 is 2.71 bits per heavy atom. The standard InChI is InChI=1S/C14H10Cl2N4O/c1-18-13-5-9(11(16)7-19-13)14(21)20-12-4-8(6-17)2-3-10(12)15/h2-5,7H,1H3,(H,18,19)(H,20,21). The zero-order valence-electron chi connectivity index (χ0n) is 10.9. The van der Waals surface area contributed by atoms with Crippen molar-refractivity contribution in [1.82, 2.24) is 4.98 Å². The molecule has 0 saturated carbocycles. The Labute approximate surface area is 131 Å². The van der Waals surface area contributed by atoms with Crippen LogP contribution in [0.1, 0.15) is 15.9 Å². The van der Waals surface area contributed by atoms with Gasteiger partial charge in [0.2, 0.25) is 0 Å². The van der Waals surface area contributed by atoms with E-state index in [4.69, 9.17) is 28.5 Å². The average molecular weight is 321 g/mol. The van der Waals surface area contributed by atoms with Crippen molar-refractivity contribution >= 4 is 40.6 Å². The molecule has 0 spiro atoms. The molecule has 106 valence electrons. The first-order valence-corrected chi connectivity index (χ1v) is 6.65. The van der Waals surface area contributed by atoms with Gasteiger partial charge in [0, 0.05) is 13.2 Å². The van der Waals surface area contributed by atoms with Crippen LogP contribution in [0.3, 0.4) is 0 Å². The van der Waals surface area contributed by atoms with Crippen LogP contribution in [0.25, 0.3) is 0 Å². The molecule has 7 heteroatoms. The molecule has 0 bridgehead atoms. The summed E-state index contributed by atoms with van der Waals surface area (Å²) in [5.74, 6) is 0.0808. The van der Waals surface area contributed by atoms with Gasteiger partial charge in [-0.25, -0.2) is 4.98 Å². The molecule has 1 heterocycles. The number of halogens is 2. The molecule has 1 aromatic heterocycles. The Hall–Kier alpha value is -2.29. The van der Waals surface area contributed by atoms with E-state index in [-0.39, 0.29) is 10.6 Å². The molecular weight excluding hydrogens is 311 g/mol. The van der Waals surface area contributed by atoms with Crippen molar-refractivity contribution in [2.24, 2.45) is 0 Å². The van der Waals surface area contributed by atoms with Crippen molar-refractivity contribution in [2.45, 2.75) is 0 Å². The van der Waals surface area contributed by atoms with Crippen LogP contribution in [0.4, 0.5) is 11.5 Å². The van der Waals surface area contributed by atoms with E-state index in [1.54, 1.807) is 19.2 Å². The second kappa shape index (κ2) is 6.44. The van der Waals surface area contributed by atoms with E-state index in [2.05, 4.69) is 15.6 Å². The number of nitrogens with zero attached hydrogens (tertiary/aromatic N) is 2. The van der Waals surface area contributed by atoms with Gasteiger partial charge in [0.15, 0.2) is 0 Å². The van der Waals surface area contributed by atoms with Crippen molar-refractivity contribution in [3.8, 4) is 6.07 Å². The maximum Gasteiger partial charge on any atom is 0.257 e. The third-order valence-corrected chi connectivity index (χ3v) is 3.33. The predicted octanol–water partition coefficient (Wildman–Crippen LogP) is 3.55. The summed E-state index contributed by atoms with van der Waals surface area (Å²) in [7, 11) is 1.69. The van der Waals surface area contributed by atoms with E-state index < -0.39 is 5.91 Å². The van der Waals surface area contributed by atoms with E-state index in [1.807, 2.05) is 6.07 Å². The van der Waals surface area contributed by atoms with Crippen LogP contribution in [0.2, 0.25) is 10.0 Å². The van der Waals surface area contributed by atoms with E-state index in [9.17, 15) is 4.79 Å². The molecule has 0 fully saturated rings. The lowest BCUT2D eigenvalue weighted by molar-refractivity contribution is 0.102. The Morgan fingerprint density at radius 1 is 1.29 bits per heavy atom. The minimum Gasteiger partial charge on any atom is -0.373 e. The lowest BCUT2D eigenvalue weighted by atomic mass is 10.2. The highest BCUT2D eigenvalue weighted by molar-refractivity contribution is 6.36. The van der Waals surface area contributed by atoms with E-state index in [1.165, 1.54) is 18.3 Å². The summed E-state index contributed by atoms with van der Waals surface area (Å²) in [4.78, 5) is 16.3. The van der Waals surface area contributed by atoms with Crippen LogP contribution in [0.15, 0.2) is 30.5 Å². The number of nitrogens with one attached hydrogen (secondary N) is 2. The van der Waals surface area contributed by atoms with E-state index >= 15 is 0 Å². The number of benzene rings is 1. The molecular formula is C14H10Cl2N4O. The Balaban J connectivity index is 2.32. The summed E-state index contributed by atoms with van der Waals surface area (Å²) >= 11 is 12.0. The summed E-state index contributed by atoms with van der Waals surface area (Å²) < 4.78 is 0. The van der Waals surface area contributed by atoms with Crippen LogP contribution in [0, 0.1) is 11.3 Å². The molecule has 0 aliphatic rings. The van der Waals surface area contributed by atoms with Gasteiger partial charge in [-0.3, -0.25) is 4.79 Å². The van der Waals surface area contributed by atoms with Crippen molar-refractivity contribution in [2.75, 3.05) is 17.7 Å². The minimum absolute atomic E-state index is 0.221. The molecule has 2 aromatic rings. The fourth-order valence-corrected chi connectivity index (χ4v) is 1.98. The lowest BCUT2D eigenvalue weighted by Crippen LogP contribution is -2.13. The highest BCUT2D eigenvalue weighted by Gasteiger charge is 2.14. The number of amides is 1. The molecule has 0 aliphatic carbocycles. The van der Waals surface area contributed by atoms with Crippen LogP contribution >= 0.6 is 23.2 Å². The number of aromatic nitrogens is 1. The number of hydrogen-bond donors (Lipinski definition) is 2. The zero-order valence-corrected chi connectivity index (χ0v) is 12.5. The van der Waals surface area contributed by atoms with Gasteiger partial charge in [-0.15, -0.1) is 0 Å². The van der Waals surface area contributed by atoms with Gasteiger partial charge in [-0.05, 0) is 24.3 Å². The van der Waals surface area contributed by atoms with Crippen LogP contribution < -0.4 is 10.6 Å². The molecule has 1 aromatic carbocycles. The molecule has 2 rings (SSSR count). The summed E-state index contributed by atoms with van der Waals surface area (Å²) in [6.45, 7) is 0. The maximum atomic E-state index is 12.3. The SMILES string of the molecule is CNc1cc(C(=O)Nc2cc(C#N)ccc2Cl)c(Cl)cn1. The smallest absolute Gasteiger partial charge is 0.257 e. The molecule has 0 saturated heterocycles. The zero-order chi connectivity index (χ0) is 15.4. The van der Waals surface area contributed by atoms with Crippen molar-refractivity contribution in [3.63, 3.8) is 0 Å². The largest absolute Gasteiger partial charge is 0.373 e. The van der Waals surface area contributed by atoms with Gasteiger partial charge in [0.05, 0.1) is 32.9 Å². The molecule has 21 heavy (non-hydrogen) atoms. The third kappa shape index (κ3) is 3.43. The highest BCUT2D eigenvalue weighted by Crippen LogP contribution is 2.25. The van der Waals surface area contributed by atoms with Crippen LogP contribution in [-0.2, 0) is 0 Å². The van der Waals surface area contributed by atoms with E-state index in [0.717, 1.165) is 0 Å². The second-order valence-corrected chi connectivity index (χ2v) is 4.87. The first-order valence-electron chi connectivity index (χ1n) is 5.89. The molecule has 2 N–H and O–H groups in total. The van der Waals surface area contributed by atoms with Gasteiger partial charge in [0.1, 0.15) is 5.82 Å². The van der Waals surface area contributed by atoms with E-state index in [0.29, 0.717) is 22.1 Å². The molecule has 0 unspecified atom stereocenters. The molecule has 0 radical (unpaired) electrons. The molecule has 0 atom stereocenters. The predicted molar refractivity (Wildman–Crippen MR) is 82.9 cm³/mol. The molecule has 5 nitrogen and oxygen atoms in total. The number of hydrogen-bond acceptors (Lipinski definition) is 4. The molecule has 0 aliphatic heterocycles. The number of pyridine rings is 1. The Bertz CT molecular complexity index is 740. The van der Waals surface area contributed by atoms with Gasteiger partial charge in [-0.2, -0.15) is 5.26 Å². The summed E-state index contributed by atoms with van der Waals surface area (Å²) in [5, 5.41) is 14.9. The number of carbonyl (C=O) groups is 1. The summed E-state index contributed by atoms with van der Waals surface area (Å²) in [5.41, 5.74) is 1.00. The van der Waals surface area contributed by atoms with Crippen LogP contribution in [0.5, 0.6) is 0 Å².